The molecule has 1 atom stereocenters. The van der Waals surface area contributed by atoms with Crippen molar-refractivity contribution in [2.75, 3.05) is 13.1 Å². The van der Waals surface area contributed by atoms with Gasteiger partial charge in [0.15, 0.2) is 0 Å². The summed E-state index contributed by atoms with van der Waals surface area (Å²) >= 11 is 1.85. The Kier molecular flexibility index (Phi) is 8.90. The Morgan fingerprint density at radius 3 is 2.39 bits per heavy atom. The van der Waals surface area contributed by atoms with Crippen LogP contribution < -0.4 is 5.46 Å². The molecule has 1 aliphatic heterocycles. The molecule has 2 heterocycles. The van der Waals surface area contributed by atoms with Crippen LogP contribution in [0.15, 0.2) is 66.7 Å². The quantitative estimate of drug-likeness (QED) is 0.375. The Bertz CT molecular complexity index is 1310. The van der Waals surface area contributed by atoms with Gasteiger partial charge in [-0.2, -0.15) is 5.26 Å². The van der Waals surface area contributed by atoms with Gasteiger partial charge in [-0.25, -0.2) is 4.98 Å². The van der Waals surface area contributed by atoms with Crippen LogP contribution in [0, 0.1) is 11.3 Å². The molecular formula is C29H32BN3O2S. The monoisotopic (exact) mass is 497 g/mol. The fourth-order valence-electron chi connectivity index (χ4n) is 4.49. The molecule has 5 rings (SSSR count). The fourth-order valence-corrected chi connectivity index (χ4v) is 5.42. The Morgan fingerprint density at radius 2 is 1.78 bits per heavy atom. The molecule has 0 aliphatic carbocycles. The molecule has 0 amide bonds. The molecule has 2 N–H and O–H groups in total. The highest BCUT2D eigenvalue weighted by molar-refractivity contribution is 7.18. The molecule has 0 bridgehead atoms. The Hall–Kier alpha value is -3.02. The highest BCUT2D eigenvalue weighted by Crippen LogP contribution is 2.29. The first-order chi connectivity index (χ1) is 17.5. The molecule has 0 unspecified atom stereocenters. The number of thiazole rings is 1. The molecule has 0 saturated carbocycles. The van der Waals surface area contributed by atoms with Crippen LogP contribution in [-0.2, 0) is 12.8 Å². The number of benzene rings is 3. The van der Waals surface area contributed by atoms with E-state index in [2.05, 4.69) is 61.2 Å². The second kappa shape index (κ2) is 12.3. The van der Waals surface area contributed by atoms with Crippen molar-refractivity contribution >= 4 is 34.1 Å². The molecule has 1 fully saturated rings. The van der Waals surface area contributed by atoms with E-state index >= 15 is 0 Å². The molecule has 1 saturated heterocycles. The number of likely N-dealkylation sites (tertiary alicyclic amines) is 1. The minimum absolute atomic E-state index is 0.393. The van der Waals surface area contributed by atoms with Gasteiger partial charge in [-0.05, 0) is 79.1 Å². The predicted molar refractivity (Wildman–Crippen MR) is 149 cm³/mol. The van der Waals surface area contributed by atoms with E-state index in [1.165, 1.54) is 70.0 Å². The molecular weight excluding hydrogens is 465 g/mol. The van der Waals surface area contributed by atoms with Crippen molar-refractivity contribution in [3.8, 4) is 17.2 Å². The number of nitrogens with zero attached hydrogens (tertiary/aromatic N) is 3. The average Bonchev–Trinajstić information content (AvgIpc) is 3.52. The molecule has 0 spiro atoms. The highest BCUT2D eigenvalue weighted by atomic mass is 32.1. The standard InChI is InChI=1S/C22H26N2S.C7H6BNO2/c1-3-17-6-8-18(9-7-17)19-10-11-21-20(15-19)23-22(25-21)12-14-24-13-4-5-16(24)2;9-5-6-1-3-7(4-2-6)8(10)11/h6-11,15-16H,3-5,12-14H2,1-2H3;1-4,10-11H/t16-;/m1./s1. The largest absolute Gasteiger partial charge is 0.488 e. The molecule has 0 radical (unpaired) electrons. The summed E-state index contributed by atoms with van der Waals surface area (Å²) in [6.07, 6.45) is 4.86. The molecule has 1 aliphatic rings. The predicted octanol–water partition coefficient (Wildman–Crippen LogP) is 4.79. The van der Waals surface area contributed by atoms with Gasteiger partial charge in [-0.15, -0.1) is 11.3 Å². The summed E-state index contributed by atoms with van der Waals surface area (Å²) in [4.78, 5) is 7.51. The van der Waals surface area contributed by atoms with E-state index in [9.17, 15) is 0 Å². The first-order valence-corrected chi connectivity index (χ1v) is 13.4. The summed E-state index contributed by atoms with van der Waals surface area (Å²) in [6, 6.07) is 24.4. The Balaban J connectivity index is 0.000000233. The first-order valence-electron chi connectivity index (χ1n) is 12.6. The SMILES string of the molecule is CCc1ccc(-c2ccc3sc(CCN4CCC[C@H]4C)nc3c2)cc1.N#Cc1ccc(B(O)O)cc1. The summed E-state index contributed by atoms with van der Waals surface area (Å²) in [6.45, 7) is 6.94. The van der Waals surface area contributed by atoms with Gasteiger partial charge in [-0.3, -0.25) is 0 Å². The van der Waals surface area contributed by atoms with Crippen LogP contribution in [-0.4, -0.2) is 46.2 Å². The number of hydrogen-bond donors (Lipinski definition) is 2. The third-order valence-electron chi connectivity index (χ3n) is 6.77. The van der Waals surface area contributed by atoms with Crippen molar-refractivity contribution in [3.05, 3.63) is 82.9 Å². The molecule has 7 heteroatoms. The lowest BCUT2D eigenvalue weighted by molar-refractivity contribution is 0.272. The Labute approximate surface area is 217 Å². The van der Waals surface area contributed by atoms with E-state index in [4.69, 9.17) is 20.3 Å². The minimum atomic E-state index is -1.46. The van der Waals surface area contributed by atoms with E-state index in [0.29, 0.717) is 11.0 Å². The zero-order valence-corrected chi connectivity index (χ0v) is 21.7. The van der Waals surface area contributed by atoms with Crippen molar-refractivity contribution in [2.24, 2.45) is 0 Å². The lowest BCUT2D eigenvalue weighted by Gasteiger charge is -2.19. The van der Waals surface area contributed by atoms with Gasteiger partial charge in [-0.1, -0.05) is 49.4 Å². The van der Waals surface area contributed by atoms with Gasteiger partial charge in [0.25, 0.3) is 0 Å². The van der Waals surface area contributed by atoms with Crippen molar-refractivity contribution in [1.29, 1.82) is 5.26 Å². The van der Waals surface area contributed by atoms with Crippen molar-refractivity contribution < 1.29 is 10.0 Å². The van der Waals surface area contributed by atoms with Crippen molar-refractivity contribution in [2.45, 2.75) is 45.6 Å². The van der Waals surface area contributed by atoms with Gasteiger partial charge in [0, 0.05) is 19.0 Å². The third-order valence-corrected chi connectivity index (χ3v) is 7.86. The van der Waals surface area contributed by atoms with Crippen molar-refractivity contribution in [1.82, 2.24) is 9.88 Å². The summed E-state index contributed by atoms with van der Waals surface area (Å²) in [7, 11) is -1.46. The number of fused-ring (bicyclic) bond motifs is 1. The van der Waals surface area contributed by atoms with Gasteiger partial charge >= 0.3 is 7.12 Å². The molecule has 184 valence electrons. The summed E-state index contributed by atoms with van der Waals surface area (Å²) in [5.41, 5.74) is 5.97. The van der Waals surface area contributed by atoms with E-state index in [1.54, 1.807) is 0 Å². The van der Waals surface area contributed by atoms with Gasteiger partial charge < -0.3 is 14.9 Å². The normalized spacial score (nSPS) is 15.4. The van der Waals surface area contributed by atoms with Gasteiger partial charge in [0.1, 0.15) is 0 Å². The maximum Gasteiger partial charge on any atom is 0.488 e. The lowest BCUT2D eigenvalue weighted by atomic mass is 9.80. The summed E-state index contributed by atoms with van der Waals surface area (Å²) in [5.74, 6) is 0. The Morgan fingerprint density at radius 1 is 1.06 bits per heavy atom. The lowest BCUT2D eigenvalue weighted by Crippen LogP contribution is -2.29. The van der Waals surface area contributed by atoms with Crippen molar-refractivity contribution in [3.63, 3.8) is 0 Å². The zero-order valence-electron chi connectivity index (χ0n) is 20.9. The van der Waals surface area contributed by atoms with Crippen LogP contribution in [0.1, 0.15) is 42.8 Å². The summed E-state index contributed by atoms with van der Waals surface area (Å²) in [5, 5.41) is 27.0. The van der Waals surface area contributed by atoms with Crippen LogP contribution >= 0.6 is 11.3 Å². The number of aromatic nitrogens is 1. The number of aryl methyl sites for hydroxylation is 1. The summed E-state index contributed by atoms with van der Waals surface area (Å²) < 4.78 is 1.30. The van der Waals surface area contributed by atoms with Gasteiger partial charge in [0.2, 0.25) is 0 Å². The smallest absolute Gasteiger partial charge is 0.423 e. The van der Waals surface area contributed by atoms with Crippen LogP contribution in [0.3, 0.4) is 0 Å². The second-order valence-corrected chi connectivity index (χ2v) is 10.3. The average molecular weight is 497 g/mol. The third kappa shape index (κ3) is 6.60. The van der Waals surface area contributed by atoms with Crippen LogP contribution in [0.5, 0.6) is 0 Å². The molecule has 1 aromatic heterocycles. The van der Waals surface area contributed by atoms with E-state index in [1.807, 2.05) is 17.4 Å². The van der Waals surface area contributed by atoms with Crippen LogP contribution in [0.4, 0.5) is 0 Å². The zero-order chi connectivity index (χ0) is 25.5. The van der Waals surface area contributed by atoms with Gasteiger partial charge in [0.05, 0.1) is 26.9 Å². The molecule has 36 heavy (non-hydrogen) atoms. The van der Waals surface area contributed by atoms with E-state index < -0.39 is 7.12 Å². The minimum Gasteiger partial charge on any atom is -0.423 e. The maximum absolute atomic E-state index is 8.66. The number of nitriles is 1. The number of hydrogen-bond acceptors (Lipinski definition) is 6. The topological polar surface area (TPSA) is 80.4 Å². The van der Waals surface area contributed by atoms with E-state index in [0.717, 1.165) is 30.9 Å². The van der Waals surface area contributed by atoms with Crippen LogP contribution in [0.2, 0.25) is 0 Å². The first kappa shape index (κ1) is 26.1. The fraction of sp³-hybridized carbons (Fsp3) is 0.310. The van der Waals surface area contributed by atoms with E-state index in [-0.39, 0.29) is 0 Å². The number of rotatable bonds is 6. The highest BCUT2D eigenvalue weighted by Gasteiger charge is 2.20. The molecule has 3 aromatic carbocycles. The van der Waals surface area contributed by atoms with Crippen LogP contribution in [0.25, 0.3) is 21.3 Å². The second-order valence-electron chi connectivity index (χ2n) is 9.23. The molecule has 4 aromatic rings. The maximum atomic E-state index is 8.66. The molecule has 5 nitrogen and oxygen atoms in total.